The standard InChI is InChI=1S/C12H13NO4/c1-16-11-7-5-6-13-9(7)4-3-8(11)10(14)12(15)17-2/h3-6,10,13-14H,1-2H3. The van der Waals surface area contributed by atoms with E-state index < -0.39 is 12.1 Å². The van der Waals surface area contributed by atoms with E-state index in [4.69, 9.17) is 4.74 Å². The van der Waals surface area contributed by atoms with E-state index in [0.29, 0.717) is 11.3 Å². The Morgan fingerprint density at radius 3 is 2.76 bits per heavy atom. The van der Waals surface area contributed by atoms with Gasteiger partial charge in [-0.1, -0.05) is 0 Å². The van der Waals surface area contributed by atoms with Gasteiger partial charge < -0.3 is 19.6 Å². The molecule has 90 valence electrons. The molecule has 5 nitrogen and oxygen atoms in total. The van der Waals surface area contributed by atoms with E-state index >= 15 is 0 Å². The number of aliphatic hydroxyl groups is 1. The van der Waals surface area contributed by atoms with Crippen LogP contribution in [0.3, 0.4) is 0 Å². The van der Waals surface area contributed by atoms with Gasteiger partial charge in [-0.3, -0.25) is 0 Å². The van der Waals surface area contributed by atoms with Crippen LogP contribution < -0.4 is 4.74 Å². The maximum absolute atomic E-state index is 11.3. The van der Waals surface area contributed by atoms with Gasteiger partial charge in [-0.25, -0.2) is 4.79 Å². The first kappa shape index (κ1) is 11.5. The van der Waals surface area contributed by atoms with Gasteiger partial charge in [0.2, 0.25) is 0 Å². The summed E-state index contributed by atoms with van der Waals surface area (Å²) in [5.74, 6) is -0.236. The predicted molar refractivity (Wildman–Crippen MR) is 61.8 cm³/mol. The van der Waals surface area contributed by atoms with Crippen LogP contribution >= 0.6 is 0 Å². The van der Waals surface area contributed by atoms with Crippen LogP contribution in [0.15, 0.2) is 24.4 Å². The van der Waals surface area contributed by atoms with Gasteiger partial charge in [0.05, 0.1) is 14.2 Å². The summed E-state index contributed by atoms with van der Waals surface area (Å²) in [7, 11) is 2.72. The lowest BCUT2D eigenvalue weighted by Crippen LogP contribution is -2.14. The molecule has 1 aromatic heterocycles. The molecule has 0 saturated heterocycles. The summed E-state index contributed by atoms with van der Waals surface area (Å²) in [5.41, 5.74) is 1.27. The van der Waals surface area contributed by atoms with Crippen molar-refractivity contribution in [2.75, 3.05) is 14.2 Å². The third kappa shape index (κ3) is 1.85. The molecular formula is C12H13NO4. The summed E-state index contributed by atoms with van der Waals surface area (Å²) in [6.45, 7) is 0. The minimum Gasteiger partial charge on any atom is -0.496 e. The average Bonchev–Trinajstić information content (AvgIpc) is 2.83. The number of benzene rings is 1. The van der Waals surface area contributed by atoms with Crippen molar-refractivity contribution in [2.45, 2.75) is 6.10 Å². The van der Waals surface area contributed by atoms with E-state index in [1.54, 1.807) is 18.3 Å². The number of aliphatic hydroxyl groups excluding tert-OH is 1. The highest BCUT2D eigenvalue weighted by Crippen LogP contribution is 2.33. The molecule has 5 heteroatoms. The molecule has 0 aliphatic rings. The van der Waals surface area contributed by atoms with E-state index in [9.17, 15) is 9.90 Å². The quantitative estimate of drug-likeness (QED) is 0.788. The number of carbonyl (C=O) groups is 1. The highest BCUT2D eigenvalue weighted by atomic mass is 16.5. The Balaban J connectivity index is 2.56. The van der Waals surface area contributed by atoms with E-state index in [0.717, 1.165) is 10.9 Å². The average molecular weight is 235 g/mol. The SMILES string of the molecule is COC(=O)C(O)c1ccc2[nH]ccc2c1OC. The fourth-order valence-corrected chi connectivity index (χ4v) is 1.80. The lowest BCUT2D eigenvalue weighted by molar-refractivity contribution is -0.150. The molecule has 1 unspecified atom stereocenters. The number of nitrogens with one attached hydrogen (secondary N) is 1. The minimum absolute atomic E-state index is 0.395. The Bertz CT molecular complexity index is 546. The Labute approximate surface area is 98.0 Å². The lowest BCUT2D eigenvalue weighted by Gasteiger charge is -2.13. The van der Waals surface area contributed by atoms with Gasteiger partial charge in [0, 0.05) is 22.7 Å². The highest BCUT2D eigenvalue weighted by molar-refractivity contribution is 5.89. The van der Waals surface area contributed by atoms with Crippen molar-refractivity contribution >= 4 is 16.9 Å². The normalized spacial score (nSPS) is 12.4. The highest BCUT2D eigenvalue weighted by Gasteiger charge is 2.23. The third-order valence-corrected chi connectivity index (χ3v) is 2.64. The van der Waals surface area contributed by atoms with Crippen molar-refractivity contribution in [2.24, 2.45) is 0 Å². The molecule has 1 aromatic carbocycles. The summed E-state index contributed by atoms with van der Waals surface area (Å²) in [4.78, 5) is 14.3. The number of esters is 1. The summed E-state index contributed by atoms with van der Waals surface area (Å²) in [5, 5.41) is 10.6. The molecule has 0 radical (unpaired) electrons. The topological polar surface area (TPSA) is 71.5 Å². The second kappa shape index (κ2) is 4.47. The molecule has 0 aliphatic carbocycles. The van der Waals surface area contributed by atoms with Gasteiger partial charge in [-0.2, -0.15) is 0 Å². The molecule has 0 aliphatic heterocycles. The van der Waals surface area contributed by atoms with E-state index in [-0.39, 0.29) is 0 Å². The smallest absolute Gasteiger partial charge is 0.339 e. The van der Waals surface area contributed by atoms with Crippen molar-refractivity contribution in [3.05, 3.63) is 30.0 Å². The monoisotopic (exact) mass is 235 g/mol. The van der Waals surface area contributed by atoms with Crippen molar-refractivity contribution in [3.63, 3.8) is 0 Å². The number of ether oxygens (including phenoxy) is 2. The van der Waals surface area contributed by atoms with Crippen molar-refractivity contribution in [1.29, 1.82) is 0 Å². The maximum Gasteiger partial charge on any atom is 0.339 e. The number of methoxy groups -OCH3 is 2. The Hall–Kier alpha value is -2.01. The van der Waals surface area contributed by atoms with Gasteiger partial charge in [-0.15, -0.1) is 0 Å². The van der Waals surface area contributed by atoms with Crippen LogP contribution in [0.4, 0.5) is 0 Å². The van der Waals surface area contributed by atoms with Gasteiger partial charge in [0.25, 0.3) is 0 Å². The van der Waals surface area contributed by atoms with Crippen LogP contribution in [0.5, 0.6) is 5.75 Å². The number of carbonyl (C=O) groups excluding carboxylic acids is 1. The molecule has 0 saturated carbocycles. The number of aromatic nitrogens is 1. The molecule has 17 heavy (non-hydrogen) atoms. The predicted octanol–water partition coefficient (Wildman–Crippen LogP) is 1.38. The largest absolute Gasteiger partial charge is 0.496 e. The first-order valence-electron chi connectivity index (χ1n) is 5.09. The maximum atomic E-state index is 11.3. The van der Waals surface area contributed by atoms with Crippen LogP contribution in [0.1, 0.15) is 11.7 Å². The number of fused-ring (bicyclic) bond motifs is 1. The van der Waals surface area contributed by atoms with Gasteiger partial charge in [0.1, 0.15) is 5.75 Å². The Morgan fingerprint density at radius 1 is 1.35 bits per heavy atom. The molecule has 1 heterocycles. The molecule has 0 amide bonds. The van der Waals surface area contributed by atoms with Gasteiger partial charge in [-0.05, 0) is 18.2 Å². The number of H-pyrrole nitrogens is 1. The summed E-state index contributed by atoms with van der Waals surface area (Å²) < 4.78 is 9.75. The van der Waals surface area contributed by atoms with E-state index in [2.05, 4.69) is 9.72 Å². The fourth-order valence-electron chi connectivity index (χ4n) is 1.80. The van der Waals surface area contributed by atoms with E-state index in [1.165, 1.54) is 14.2 Å². The van der Waals surface area contributed by atoms with Crippen LogP contribution in [0.2, 0.25) is 0 Å². The van der Waals surface area contributed by atoms with Crippen molar-refractivity contribution in [1.82, 2.24) is 4.98 Å². The van der Waals surface area contributed by atoms with Crippen LogP contribution in [-0.2, 0) is 9.53 Å². The Morgan fingerprint density at radius 2 is 2.12 bits per heavy atom. The van der Waals surface area contributed by atoms with Crippen LogP contribution in [-0.4, -0.2) is 30.3 Å². The number of hydrogen-bond acceptors (Lipinski definition) is 4. The number of aromatic amines is 1. The zero-order valence-corrected chi connectivity index (χ0v) is 9.56. The van der Waals surface area contributed by atoms with Crippen LogP contribution in [0.25, 0.3) is 10.9 Å². The van der Waals surface area contributed by atoms with E-state index in [1.807, 2.05) is 6.07 Å². The number of hydrogen-bond donors (Lipinski definition) is 2. The lowest BCUT2D eigenvalue weighted by atomic mass is 10.1. The molecule has 0 spiro atoms. The summed E-state index contributed by atoms with van der Waals surface area (Å²) >= 11 is 0. The second-order valence-corrected chi connectivity index (χ2v) is 3.55. The first-order valence-corrected chi connectivity index (χ1v) is 5.09. The van der Waals surface area contributed by atoms with Crippen molar-refractivity contribution < 1.29 is 19.4 Å². The van der Waals surface area contributed by atoms with Crippen LogP contribution in [0, 0.1) is 0 Å². The minimum atomic E-state index is -1.34. The number of rotatable bonds is 3. The molecule has 1 atom stereocenters. The zero-order valence-electron chi connectivity index (χ0n) is 9.56. The molecule has 0 bridgehead atoms. The first-order chi connectivity index (χ1) is 8.19. The second-order valence-electron chi connectivity index (χ2n) is 3.55. The zero-order chi connectivity index (χ0) is 12.4. The molecule has 0 fully saturated rings. The van der Waals surface area contributed by atoms with Gasteiger partial charge in [0.15, 0.2) is 6.10 Å². The molecule has 2 aromatic rings. The fraction of sp³-hybridized carbons (Fsp3) is 0.250. The van der Waals surface area contributed by atoms with Gasteiger partial charge >= 0.3 is 5.97 Å². The summed E-state index contributed by atoms with van der Waals surface area (Å²) in [6, 6.07) is 5.24. The Kier molecular flexibility index (Phi) is 3.01. The molecular weight excluding hydrogens is 222 g/mol. The van der Waals surface area contributed by atoms with Crippen molar-refractivity contribution in [3.8, 4) is 5.75 Å². The summed E-state index contributed by atoms with van der Waals surface area (Å²) in [6.07, 6.45) is 0.427. The molecule has 2 rings (SSSR count). The third-order valence-electron chi connectivity index (χ3n) is 2.64. The molecule has 2 N–H and O–H groups in total.